The van der Waals surface area contributed by atoms with Crippen LogP contribution in [0.25, 0.3) is 19.6 Å². The maximum Gasteiger partial charge on any atom is 0.134 e. The van der Waals surface area contributed by atoms with Gasteiger partial charge in [-0.3, -0.25) is 4.79 Å². The highest BCUT2D eigenvalue weighted by atomic mass is 32.2. The molecule has 0 aliphatic carbocycles. The van der Waals surface area contributed by atoms with Gasteiger partial charge in [-0.05, 0) is 66.5 Å². The maximum atomic E-state index is 11.5. The first-order chi connectivity index (χ1) is 14.0. The quantitative estimate of drug-likeness (QED) is 0.325. The highest BCUT2D eigenvalue weighted by Gasteiger charge is 2.17. The predicted molar refractivity (Wildman–Crippen MR) is 140 cm³/mol. The molecule has 158 valence electrons. The number of rotatable bonds is 8. The molecule has 1 nitrogen and oxygen atoms in total. The van der Waals surface area contributed by atoms with Crippen LogP contribution in [0, 0.1) is 12.3 Å². The second-order valence-corrected chi connectivity index (χ2v) is 13.1. The van der Waals surface area contributed by atoms with Gasteiger partial charge in [-0.15, -0.1) is 34.0 Å². The first-order valence-electron chi connectivity index (χ1n) is 9.85. The van der Waals surface area contributed by atoms with E-state index in [1.165, 1.54) is 25.1 Å². The Labute approximate surface area is 196 Å². The molecule has 3 aromatic heterocycles. The first-order valence-corrected chi connectivity index (χ1v) is 13.2. The first kappa shape index (κ1) is 23.3. The fraction of sp³-hybridized carbons (Fsp3) is 0.320. The Hall–Kier alpha value is -1.40. The topological polar surface area (TPSA) is 17.1 Å². The van der Waals surface area contributed by atoms with Gasteiger partial charge in [-0.25, -0.2) is 0 Å². The highest BCUT2D eigenvalue weighted by Crippen LogP contribution is 2.46. The van der Waals surface area contributed by atoms with Crippen molar-refractivity contribution in [3.8, 4) is 9.75 Å². The van der Waals surface area contributed by atoms with Crippen molar-refractivity contribution in [3.63, 3.8) is 0 Å². The zero-order valence-electron chi connectivity index (χ0n) is 18.3. The van der Waals surface area contributed by atoms with Gasteiger partial charge >= 0.3 is 0 Å². The van der Waals surface area contributed by atoms with Crippen LogP contribution >= 0.6 is 45.8 Å². The zero-order chi connectivity index (χ0) is 22.1. The largest absolute Gasteiger partial charge is 0.300 e. The van der Waals surface area contributed by atoms with E-state index in [1.807, 2.05) is 22.8 Å². The summed E-state index contributed by atoms with van der Waals surface area (Å²) in [5, 5.41) is 2.03. The molecule has 3 rings (SSSR count). The number of hydrogen-bond acceptors (Lipinski definition) is 5. The molecule has 3 aromatic rings. The summed E-state index contributed by atoms with van der Waals surface area (Å²) in [5.41, 5.74) is 2.61. The molecule has 0 radical (unpaired) electrons. The SMILES string of the molecule is C=C(SC(=C)c1sccc1CC(C)=O)c1sc(-c2ccc(CC(C)(C)C)s2)cc1C. The van der Waals surface area contributed by atoms with Crippen LogP contribution in [0.3, 0.4) is 0 Å². The molecule has 0 spiro atoms. The molecular weight excluding hydrogens is 445 g/mol. The number of thioether (sulfide) groups is 1. The molecule has 3 heterocycles. The van der Waals surface area contributed by atoms with Crippen LogP contribution in [0.5, 0.6) is 0 Å². The molecule has 0 aliphatic rings. The summed E-state index contributed by atoms with van der Waals surface area (Å²) in [7, 11) is 0. The molecule has 0 N–H and O–H groups in total. The number of Topliss-reactive ketones (excluding diaryl/α,β-unsaturated/α-hetero) is 1. The normalized spacial score (nSPS) is 11.6. The summed E-state index contributed by atoms with van der Waals surface area (Å²) in [4.78, 5) is 19.9. The van der Waals surface area contributed by atoms with Crippen LogP contribution in [0.2, 0.25) is 0 Å². The fourth-order valence-electron chi connectivity index (χ4n) is 3.24. The van der Waals surface area contributed by atoms with Crippen molar-refractivity contribution in [2.75, 3.05) is 0 Å². The summed E-state index contributed by atoms with van der Waals surface area (Å²) in [6.07, 6.45) is 1.56. The summed E-state index contributed by atoms with van der Waals surface area (Å²) >= 11 is 6.95. The number of carbonyl (C=O) groups excluding carboxylic acids is 1. The monoisotopic (exact) mass is 472 g/mol. The minimum atomic E-state index is 0.173. The minimum Gasteiger partial charge on any atom is -0.300 e. The van der Waals surface area contributed by atoms with E-state index in [0.29, 0.717) is 11.8 Å². The summed E-state index contributed by atoms with van der Waals surface area (Å²) < 4.78 is 0. The van der Waals surface area contributed by atoms with Crippen molar-refractivity contribution in [2.24, 2.45) is 5.41 Å². The van der Waals surface area contributed by atoms with Gasteiger partial charge in [-0.2, -0.15) is 0 Å². The van der Waals surface area contributed by atoms with Crippen molar-refractivity contribution in [2.45, 2.75) is 47.5 Å². The van der Waals surface area contributed by atoms with Gasteiger partial charge in [-0.1, -0.05) is 45.7 Å². The summed E-state index contributed by atoms with van der Waals surface area (Å²) in [6, 6.07) is 8.80. The molecule has 0 aromatic carbocycles. The van der Waals surface area contributed by atoms with Crippen LogP contribution < -0.4 is 0 Å². The lowest BCUT2D eigenvalue weighted by Gasteiger charge is -2.16. The second kappa shape index (κ2) is 9.39. The molecule has 0 fully saturated rings. The van der Waals surface area contributed by atoms with Crippen LogP contribution in [-0.2, 0) is 17.6 Å². The lowest BCUT2D eigenvalue weighted by atomic mass is 9.92. The van der Waals surface area contributed by atoms with Crippen molar-refractivity contribution < 1.29 is 4.79 Å². The van der Waals surface area contributed by atoms with Crippen molar-refractivity contribution in [1.29, 1.82) is 0 Å². The summed E-state index contributed by atoms with van der Waals surface area (Å²) in [5.74, 6) is 0.173. The predicted octanol–water partition coefficient (Wildman–Crippen LogP) is 8.94. The van der Waals surface area contributed by atoms with Gasteiger partial charge in [0.15, 0.2) is 0 Å². The molecule has 0 aliphatic heterocycles. The second-order valence-electron chi connectivity index (χ2n) is 8.73. The third kappa shape index (κ3) is 5.85. The van der Waals surface area contributed by atoms with Crippen molar-refractivity contribution in [3.05, 3.63) is 68.6 Å². The van der Waals surface area contributed by atoms with E-state index in [9.17, 15) is 4.79 Å². The molecule has 0 atom stereocenters. The standard InChI is InChI=1S/C25H28OS4/c1-15-12-22(21-9-8-20(29-21)14-25(5,6)7)30-23(15)17(3)28-18(4)24-19(10-11-27-24)13-16(2)26/h8-12H,3-4,13-14H2,1-2,5-7H3. The number of aryl methyl sites for hydroxylation is 1. The van der Waals surface area contributed by atoms with Gasteiger partial charge in [0.05, 0.1) is 0 Å². The third-order valence-corrected chi connectivity index (χ3v) is 9.22. The molecule has 0 bridgehead atoms. The Morgan fingerprint density at radius 2 is 1.73 bits per heavy atom. The van der Waals surface area contributed by atoms with Gasteiger partial charge < -0.3 is 0 Å². The molecule has 5 heteroatoms. The van der Waals surface area contributed by atoms with E-state index in [2.05, 4.69) is 59.1 Å². The molecule has 30 heavy (non-hydrogen) atoms. The molecular formula is C25H28OS4. The third-order valence-electron chi connectivity index (χ3n) is 4.47. The molecule has 0 unspecified atom stereocenters. The Morgan fingerprint density at radius 3 is 2.40 bits per heavy atom. The van der Waals surface area contributed by atoms with E-state index in [1.54, 1.807) is 41.4 Å². The maximum absolute atomic E-state index is 11.5. The van der Waals surface area contributed by atoms with Gasteiger partial charge in [0.25, 0.3) is 0 Å². The number of hydrogen-bond donors (Lipinski definition) is 0. The minimum absolute atomic E-state index is 0.173. The van der Waals surface area contributed by atoms with E-state index in [0.717, 1.165) is 26.7 Å². The lowest BCUT2D eigenvalue weighted by Crippen LogP contribution is -2.07. The van der Waals surface area contributed by atoms with Crippen LogP contribution in [0.4, 0.5) is 0 Å². The zero-order valence-corrected chi connectivity index (χ0v) is 21.5. The Kier molecular flexibility index (Phi) is 7.28. The van der Waals surface area contributed by atoms with Crippen molar-refractivity contribution >= 4 is 61.4 Å². The molecule has 0 saturated heterocycles. The lowest BCUT2D eigenvalue weighted by molar-refractivity contribution is -0.116. The van der Waals surface area contributed by atoms with E-state index in [4.69, 9.17) is 0 Å². The van der Waals surface area contributed by atoms with Crippen LogP contribution in [0.1, 0.15) is 53.5 Å². The average molecular weight is 473 g/mol. The highest BCUT2D eigenvalue weighted by molar-refractivity contribution is 8.16. The number of ketones is 1. The average Bonchev–Trinajstić information content (AvgIpc) is 3.32. The Bertz CT molecular complexity index is 1080. The fourth-order valence-corrected chi connectivity index (χ4v) is 7.75. The van der Waals surface area contributed by atoms with Crippen molar-refractivity contribution in [1.82, 2.24) is 0 Å². The Morgan fingerprint density at radius 1 is 1.03 bits per heavy atom. The van der Waals surface area contributed by atoms with Gasteiger partial charge in [0.2, 0.25) is 0 Å². The van der Waals surface area contributed by atoms with Gasteiger partial charge in [0, 0.05) is 40.6 Å². The van der Waals surface area contributed by atoms with E-state index in [-0.39, 0.29) is 5.78 Å². The molecule has 0 amide bonds. The molecule has 0 saturated carbocycles. The number of carbonyl (C=O) groups is 1. The smallest absolute Gasteiger partial charge is 0.134 e. The van der Waals surface area contributed by atoms with Crippen LogP contribution in [-0.4, -0.2) is 5.78 Å². The van der Waals surface area contributed by atoms with E-state index >= 15 is 0 Å². The number of thiophene rings is 3. The van der Waals surface area contributed by atoms with Gasteiger partial charge in [0.1, 0.15) is 5.78 Å². The summed E-state index contributed by atoms with van der Waals surface area (Å²) in [6.45, 7) is 19.2. The van der Waals surface area contributed by atoms with E-state index < -0.39 is 0 Å². The van der Waals surface area contributed by atoms with Crippen LogP contribution in [0.15, 0.2) is 42.8 Å². The Balaban J connectivity index is 1.75.